The third-order valence-electron chi connectivity index (χ3n) is 2.15. The summed E-state index contributed by atoms with van der Waals surface area (Å²) >= 11 is 5.88. The van der Waals surface area contributed by atoms with Gasteiger partial charge in [-0.1, -0.05) is 31.4 Å². The van der Waals surface area contributed by atoms with Crippen molar-refractivity contribution in [2.24, 2.45) is 0 Å². The lowest BCUT2D eigenvalue weighted by molar-refractivity contribution is 0.127. The van der Waals surface area contributed by atoms with Crippen molar-refractivity contribution in [3.63, 3.8) is 0 Å². The van der Waals surface area contributed by atoms with Crippen molar-refractivity contribution in [3.8, 4) is 5.88 Å². The molecule has 1 heterocycles. The van der Waals surface area contributed by atoms with Crippen LogP contribution in [0.2, 0.25) is 5.15 Å². The van der Waals surface area contributed by atoms with E-state index in [9.17, 15) is 0 Å². The third-order valence-corrected chi connectivity index (χ3v) is 2.34. The summed E-state index contributed by atoms with van der Waals surface area (Å²) in [6, 6.07) is 1.63. The maximum Gasteiger partial charge on any atom is 0.218 e. The lowest BCUT2D eigenvalue weighted by Gasteiger charge is -2.07. The summed E-state index contributed by atoms with van der Waals surface area (Å²) in [6.45, 7) is 5.73. The van der Waals surface area contributed by atoms with Gasteiger partial charge < -0.3 is 9.47 Å². The number of ether oxygens (including phenoxy) is 2. The van der Waals surface area contributed by atoms with E-state index < -0.39 is 0 Å². The Kier molecular flexibility index (Phi) is 6.89. The average molecular weight is 259 g/mol. The summed E-state index contributed by atoms with van der Waals surface area (Å²) in [5, 5.41) is 0.389. The molecule has 0 aliphatic rings. The number of nitrogens with zero attached hydrogens (tertiary/aromatic N) is 2. The highest BCUT2D eigenvalue weighted by molar-refractivity contribution is 6.29. The fourth-order valence-corrected chi connectivity index (χ4v) is 1.49. The van der Waals surface area contributed by atoms with Crippen LogP contribution in [-0.2, 0) is 11.3 Å². The highest BCUT2D eigenvalue weighted by Gasteiger charge is 2.04. The van der Waals surface area contributed by atoms with E-state index in [1.807, 2.05) is 6.92 Å². The first-order chi connectivity index (χ1) is 8.26. The van der Waals surface area contributed by atoms with Gasteiger partial charge in [0, 0.05) is 12.7 Å². The number of unbranched alkanes of at least 4 members (excludes halogenated alkanes) is 2. The number of aromatic nitrogens is 2. The molecule has 4 nitrogen and oxygen atoms in total. The molecule has 0 aromatic carbocycles. The van der Waals surface area contributed by atoms with Crippen LogP contribution in [0, 0.1) is 0 Å². The van der Waals surface area contributed by atoms with Gasteiger partial charge in [-0.3, -0.25) is 0 Å². The van der Waals surface area contributed by atoms with Gasteiger partial charge in [-0.25, -0.2) is 4.98 Å². The molecule has 0 saturated heterocycles. The summed E-state index contributed by atoms with van der Waals surface area (Å²) in [4.78, 5) is 8.29. The van der Waals surface area contributed by atoms with Crippen LogP contribution in [0.25, 0.3) is 0 Å². The predicted octanol–water partition coefficient (Wildman–Crippen LogP) is 3.24. The summed E-state index contributed by atoms with van der Waals surface area (Å²) in [7, 11) is 0. The van der Waals surface area contributed by atoms with Gasteiger partial charge in [0.2, 0.25) is 5.88 Å². The fourth-order valence-electron chi connectivity index (χ4n) is 1.30. The van der Waals surface area contributed by atoms with E-state index in [1.165, 1.54) is 6.42 Å². The molecule has 0 fully saturated rings. The van der Waals surface area contributed by atoms with Gasteiger partial charge in [0.15, 0.2) is 5.82 Å². The molecule has 0 saturated carbocycles. The van der Waals surface area contributed by atoms with Crippen LogP contribution < -0.4 is 4.74 Å². The van der Waals surface area contributed by atoms with Crippen molar-refractivity contribution in [2.75, 3.05) is 13.2 Å². The van der Waals surface area contributed by atoms with Gasteiger partial charge in [-0.2, -0.15) is 4.98 Å². The number of hydrogen-bond acceptors (Lipinski definition) is 4. The monoisotopic (exact) mass is 258 g/mol. The maximum atomic E-state index is 5.88. The van der Waals surface area contributed by atoms with Crippen molar-refractivity contribution in [1.29, 1.82) is 0 Å². The molecule has 5 heteroatoms. The molecule has 96 valence electrons. The Bertz CT molecular complexity index is 334. The molecular formula is C12H19ClN2O2. The molecule has 0 aliphatic heterocycles. The Hall–Kier alpha value is -0.870. The zero-order chi connectivity index (χ0) is 12.5. The molecular weight excluding hydrogens is 240 g/mol. The second-order valence-corrected chi connectivity index (χ2v) is 4.03. The van der Waals surface area contributed by atoms with Gasteiger partial charge in [0.05, 0.1) is 6.61 Å². The predicted molar refractivity (Wildman–Crippen MR) is 67.4 cm³/mol. The Morgan fingerprint density at radius 2 is 2.06 bits per heavy atom. The van der Waals surface area contributed by atoms with E-state index in [-0.39, 0.29) is 0 Å². The van der Waals surface area contributed by atoms with E-state index in [1.54, 1.807) is 6.07 Å². The molecule has 0 spiro atoms. The van der Waals surface area contributed by atoms with Gasteiger partial charge in [0.1, 0.15) is 11.8 Å². The lowest BCUT2D eigenvalue weighted by Crippen LogP contribution is -2.04. The van der Waals surface area contributed by atoms with Gasteiger partial charge in [-0.15, -0.1) is 0 Å². The van der Waals surface area contributed by atoms with Crippen LogP contribution in [-0.4, -0.2) is 23.2 Å². The molecule has 1 aromatic heterocycles. The van der Waals surface area contributed by atoms with E-state index in [2.05, 4.69) is 16.9 Å². The fraction of sp³-hybridized carbons (Fsp3) is 0.667. The molecule has 1 aromatic rings. The van der Waals surface area contributed by atoms with Crippen molar-refractivity contribution in [3.05, 3.63) is 17.0 Å². The van der Waals surface area contributed by atoms with Crippen molar-refractivity contribution in [1.82, 2.24) is 9.97 Å². The number of halogens is 1. The Balaban J connectivity index is 2.50. The molecule has 1 rings (SSSR count). The Morgan fingerprint density at radius 1 is 1.24 bits per heavy atom. The first-order valence-electron chi connectivity index (χ1n) is 6.00. The van der Waals surface area contributed by atoms with E-state index in [0.717, 1.165) is 12.8 Å². The minimum Gasteiger partial charge on any atom is -0.478 e. The van der Waals surface area contributed by atoms with Crippen LogP contribution in [0.15, 0.2) is 6.07 Å². The standard InChI is InChI=1S/C12H19ClN2O2/c1-3-5-6-7-17-12-8-10(13)14-11(15-12)9-16-4-2/h8H,3-7,9H2,1-2H3. The number of rotatable bonds is 8. The van der Waals surface area contributed by atoms with Crippen molar-refractivity contribution < 1.29 is 9.47 Å². The van der Waals surface area contributed by atoms with E-state index in [0.29, 0.717) is 36.7 Å². The summed E-state index contributed by atoms with van der Waals surface area (Å²) in [5.41, 5.74) is 0. The van der Waals surface area contributed by atoms with Crippen LogP contribution in [0.5, 0.6) is 5.88 Å². The topological polar surface area (TPSA) is 44.2 Å². The van der Waals surface area contributed by atoms with Crippen molar-refractivity contribution >= 4 is 11.6 Å². The minimum atomic E-state index is 0.363. The van der Waals surface area contributed by atoms with Gasteiger partial charge >= 0.3 is 0 Å². The SMILES string of the molecule is CCCCCOc1cc(Cl)nc(COCC)n1. The molecule has 0 atom stereocenters. The number of hydrogen-bond donors (Lipinski definition) is 0. The van der Waals surface area contributed by atoms with Gasteiger partial charge in [-0.05, 0) is 13.3 Å². The summed E-state index contributed by atoms with van der Waals surface area (Å²) in [6.07, 6.45) is 3.35. The summed E-state index contributed by atoms with van der Waals surface area (Å²) < 4.78 is 10.8. The molecule has 0 radical (unpaired) electrons. The average Bonchev–Trinajstić information content (AvgIpc) is 2.31. The van der Waals surface area contributed by atoms with Crippen molar-refractivity contribution in [2.45, 2.75) is 39.7 Å². The highest BCUT2D eigenvalue weighted by atomic mass is 35.5. The van der Waals surface area contributed by atoms with E-state index >= 15 is 0 Å². The summed E-state index contributed by atoms with van der Waals surface area (Å²) in [5.74, 6) is 1.08. The molecule has 0 unspecified atom stereocenters. The smallest absolute Gasteiger partial charge is 0.218 e. The van der Waals surface area contributed by atoms with Gasteiger partial charge in [0.25, 0.3) is 0 Å². The molecule has 0 amide bonds. The molecule has 0 bridgehead atoms. The lowest BCUT2D eigenvalue weighted by atomic mass is 10.3. The first kappa shape index (κ1) is 14.2. The third kappa shape index (κ3) is 5.84. The molecule has 17 heavy (non-hydrogen) atoms. The second kappa shape index (κ2) is 8.25. The van der Waals surface area contributed by atoms with E-state index in [4.69, 9.17) is 21.1 Å². The highest BCUT2D eigenvalue weighted by Crippen LogP contribution is 2.14. The Morgan fingerprint density at radius 3 is 2.76 bits per heavy atom. The quantitative estimate of drug-likeness (QED) is 0.530. The maximum absolute atomic E-state index is 5.88. The zero-order valence-electron chi connectivity index (χ0n) is 10.4. The Labute approximate surface area is 107 Å². The molecule has 0 N–H and O–H groups in total. The van der Waals surface area contributed by atoms with Crippen LogP contribution >= 0.6 is 11.6 Å². The van der Waals surface area contributed by atoms with Crippen LogP contribution in [0.3, 0.4) is 0 Å². The normalized spacial score (nSPS) is 10.5. The largest absolute Gasteiger partial charge is 0.478 e. The van der Waals surface area contributed by atoms with Crippen LogP contribution in [0.4, 0.5) is 0 Å². The molecule has 0 aliphatic carbocycles. The first-order valence-corrected chi connectivity index (χ1v) is 6.38. The zero-order valence-corrected chi connectivity index (χ0v) is 11.2. The van der Waals surface area contributed by atoms with Crippen LogP contribution in [0.1, 0.15) is 38.9 Å². The second-order valence-electron chi connectivity index (χ2n) is 3.64. The minimum absolute atomic E-state index is 0.363.